The van der Waals surface area contributed by atoms with Gasteiger partial charge in [0.25, 0.3) is 5.91 Å². The molecule has 3 amide bonds. The van der Waals surface area contributed by atoms with Crippen LogP contribution in [-0.4, -0.2) is 47.1 Å². The number of thioether (sulfide) groups is 1. The molecule has 2 aliphatic heterocycles. The van der Waals surface area contributed by atoms with Gasteiger partial charge >= 0.3 is 17.0 Å². The Bertz CT molecular complexity index is 2000. The van der Waals surface area contributed by atoms with Gasteiger partial charge in [0.05, 0.1) is 40.1 Å². The second-order valence-electron chi connectivity index (χ2n) is 10.6. The number of imide groups is 1. The van der Waals surface area contributed by atoms with Crippen LogP contribution in [-0.2, 0) is 25.3 Å². The number of nitrogens with zero attached hydrogens (tertiary/aromatic N) is 1. The maximum absolute atomic E-state index is 14.1. The summed E-state index contributed by atoms with van der Waals surface area (Å²) >= 11 is 8.27. The van der Waals surface area contributed by atoms with Crippen molar-refractivity contribution in [2.75, 3.05) is 23.4 Å². The first-order chi connectivity index (χ1) is 22.9. The molecule has 1 saturated heterocycles. The van der Waals surface area contributed by atoms with Crippen LogP contribution in [0.4, 0.5) is 24.5 Å². The topological polar surface area (TPSA) is 135 Å². The minimum atomic E-state index is -4.71. The van der Waals surface area contributed by atoms with Crippen LogP contribution < -0.4 is 19.8 Å². The van der Waals surface area contributed by atoms with Crippen molar-refractivity contribution in [2.24, 2.45) is 5.92 Å². The number of fused-ring (bicyclic) bond motifs is 2. The highest BCUT2D eigenvalue weighted by Gasteiger charge is 2.57. The fourth-order valence-corrected chi connectivity index (χ4v) is 8.32. The van der Waals surface area contributed by atoms with E-state index < -0.39 is 69.7 Å². The number of carbonyl (C=O) groups excluding carboxylic acids is 4. The lowest BCUT2D eigenvalue weighted by molar-refractivity contribution is -0.137. The van der Waals surface area contributed by atoms with Crippen LogP contribution in [0, 0.1) is 5.92 Å². The fraction of sp³-hybridized carbons (Fsp3) is 0.219. The Morgan fingerprint density at radius 2 is 1.75 bits per heavy atom. The molecule has 3 aromatic carbocycles. The molecule has 0 bridgehead atoms. The number of carbonyl (C=O) groups is 4. The molecular formula is C32H23ClF3N3O7S2. The van der Waals surface area contributed by atoms with E-state index in [0.29, 0.717) is 15.5 Å². The number of amides is 3. The van der Waals surface area contributed by atoms with Crippen molar-refractivity contribution < 1.29 is 41.8 Å². The van der Waals surface area contributed by atoms with Crippen LogP contribution >= 0.6 is 34.7 Å². The number of nitrogens with one attached hydrogen (secondary N) is 2. The van der Waals surface area contributed by atoms with Crippen molar-refractivity contribution in [1.29, 1.82) is 0 Å². The standard InChI is InChI=1S/C32H23ClF3N3O7S2/c1-2-45-30(43)15-7-10-17(11-8-15)39-28(41)24-23(25-27(38-31(44)48-25)47-26(24)29(39)42)18-13-16(33)9-12-21(18)46-14-22(40)37-20-6-4-3-5-19(20)32(34,35)36/h3-13,23-24,26H,2,14H2,1H3,(H,37,40)(H,38,44)/t23-,24-,26+/m0/s1. The van der Waals surface area contributed by atoms with Gasteiger partial charge in [0, 0.05) is 21.4 Å². The SMILES string of the molecule is CCOC(=O)c1ccc(N2C(=O)[C@H]3[C@H](c4cc(Cl)ccc4OCC(=O)Nc4ccccc4C(F)(F)F)c4sc(=O)[nH]c4S[C@H]3C2=O)cc1. The summed E-state index contributed by atoms with van der Waals surface area (Å²) in [6, 6.07) is 14.7. The van der Waals surface area contributed by atoms with E-state index in [2.05, 4.69) is 10.3 Å². The number of esters is 1. The largest absolute Gasteiger partial charge is 0.483 e. The maximum Gasteiger partial charge on any atom is 0.418 e. The third-order valence-corrected chi connectivity index (χ3v) is 10.3. The van der Waals surface area contributed by atoms with E-state index in [1.165, 1.54) is 54.6 Å². The molecule has 2 N–H and O–H groups in total. The summed E-state index contributed by atoms with van der Waals surface area (Å²) in [4.78, 5) is 69.2. The molecule has 2 aliphatic rings. The molecule has 4 aromatic rings. The molecule has 1 fully saturated rings. The lowest BCUT2D eigenvalue weighted by atomic mass is 9.82. The van der Waals surface area contributed by atoms with E-state index in [9.17, 15) is 37.1 Å². The molecular weight excluding hydrogens is 695 g/mol. The number of benzene rings is 3. The monoisotopic (exact) mass is 717 g/mol. The molecule has 0 aliphatic carbocycles. The molecule has 1 aromatic heterocycles. The number of rotatable bonds is 8. The zero-order valence-electron chi connectivity index (χ0n) is 24.6. The van der Waals surface area contributed by atoms with E-state index in [-0.39, 0.29) is 28.6 Å². The van der Waals surface area contributed by atoms with Crippen molar-refractivity contribution in [3.8, 4) is 5.75 Å². The van der Waals surface area contributed by atoms with Gasteiger partial charge < -0.3 is 19.8 Å². The third kappa shape index (κ3) is 6.32. The van der Waals surface area contributed by atoms with Crippen molar-refractivity contribution in [3.63, 3.8) is 0 Å². The quantitative estimate of drug-likeness (QED) is 0.165. The highest BCUT2D eigenvalue weighted by molar-refractivity contribution is 8.00. The van der Waals surface area contributed by atoms with Gasteiger partial charge in [0.15, 0.2) is 6.61 Å². The summed E-state index contributed by atoms with van der Waals surface area (Å²) in [7, 11) is 0. The zero-order valence-corrected chi connectivity index (χ0v) is 27.0. The Hall–Kier alpha value is -4.60. The normalized spacial score (nSPS) is 18.7. The highest BCUT2D eigenvalue weighted by Crippen LogP contribution is 2.54. The number of hydrogen-bond donors (Lipinski definition) is 2. The molecule has 0 radical (unpaired) electrons. The lowest BCUT2D eigenvalue weighted by Gasteiger charge is -2.31. The molecule has 0 spiro atoms. The number of alkyl halides is 3. The molecule has 16 heteroatoms. The van der Waals surface area contributed by atoms with Gasteiger partial charge in [-0.15, -0.1) is 0 Å². The number of H-pyrrole nitrogens is 1. The first kappa shape index (κ1) is 33.3. The van der Waals surface area contributed by atoms with Gasteiger partial charge in [-0.1, -0.05) is 46.8 Å². The number of hydrogen-bond acceptors (Lipinski definition) is 9. The number of ether oxygens (including phenoxy) is 2. The van der Waals surface area contributed by atoms with Crippen LogP contribution in [0.5, 0.6) is 5.75 Å². The van der Waals surface area contributed by atoms with Crippen LogP contribution in [0.25, 0.3) is 0 Å². The van der Waals surface area contributed by atoms with Crippen molar-refractivity contribution in [3.05, 3.63) is 103 Å². The van der Waals surface area contributed by atoms with Crippen LogP contribution in [0.3, 0.4) is 0 Å². The average Bonchev–Trinajstić information content (AvgIpc) is 3.54. The number of halogens is 4. The number of anilines is 2. The van der Waals surface area contributed by atoms with Crippen LogP contribution in [0.2, 0.25) is 5.02 Å². The molecule has 48 heavy (non-hydrogen) atoms. The van der Waals surface area contributed by atoms with Crippen LogP contribution in [0.15, 0.2) is 76.6 Å². The summed E-state index contributed by atoms with van der Waals surface area (Å²) in [6.45, 7) is 1.13. The van der Waals surface area contributed by atoms with E-state index in [1.54, 1.807) is 6.92 Å². The number of thiazole rings is 1. The number of aromatic nitrogens is 1. The smallest absolute Gasteiger partial charge is 0.418 e. The Balaban J connectivity index is 1.32. The fourth-order valence-electron chi connectivity index (χ4n) is 5.63. The van der Waals surface area contributed by atoms with E-state index in [4.69, 9.17) is 21.1 Å². The van der Waals surface area contributed by atoms with E-state index in [1.807, 2.05) is 0 Å². The molecule has 248 valence electrons. The van der Waals surface area contributed by atoms with Crippen molar-refractivity contribution in [1.82, 2.24) is 4.98 Å². The second-order valence-corrected chi connectivity index (χ2v) is 13.2. The third-order valence-electron chi connectivity index (χ3n) is 7.63. The molecule has 0 saturated carbocycles. The van der Waals surface area contributed by atoms with Crippen molar-refractivity contribution in [2.45, 2.75) is 29.3 Å². The molecule has 6 rings (SSSR count). The molecule has 3 heterocycles. The Morgan fingerprint density at radius 3 is 2.46 bits per heavy atom. The maximum atomic E-state index is 14.1. The van der Waals surface area contributed by atoms with Gasteiger partial charge in [-0.25, -0.2) is 9.69 Å². The first-order valence-corrected chi connectivity index (χ1v) is 16.4. The Morgan fingerprint density at radius 1 is 1.02 bits per heavy atom. The summed E-state index contributed by atoms with van der Waals surface area (Å²) < 4.78 is 51.2. The molecule has 3 atom stereocenters. The summed E-state index contributed by atoms with van der Waals surface area (Å²) in [5.74, 6) is -4.48. The Labute approximate surface area is 283 Å². The number of aromatic amines is 1. The van der Waals surface area contributed by atoms with Crippen molar-refractivity contribution >= 4 is 69.8 Å². The minimum Gasteiger partial charge on any atom is -0.483 e. The second kappa shape index (κ2) is 13.1. The predicted octanol–water partition coefficient (Wildman–Crippen LogP) is 6.10. The first-order valence-electron chi connectivity index (χ1n) is 14.3. The molecule has 0 unspecified atom stereocenters. The van der Waals surface area contributed by atoms with E-state index in [0.717, 1.165) is 40.1 Å². The van der Waals surface area contributed by atoms with Crippen LogP contribution in [0.1, 0.15) is 39.2 Å². The van der Waals surface area contributed by atoms with Gasteiger partial charge in [0.2, 0.25) is 11.8 Å². The lowest BCUT2D eigenvalue weighted by Crippen LogP contribution is -2.32. The van der Waals surface area contributed by atoms with Gasteiger partial charge in [-0.05, 0) is 61.5 Å². The van der Waals surface area contributed by atoms with E-state index >= 15 is 0 Å². The van der Waals surface area contributed by atoms with Gasteiger partial charge in [-0.2, -0.15) is 13.2 Å². The molecule has 10 nitrogen and oxygen atoms in total. The Kier molecular flexibility index (Phi) is 9.11. The van der Waals surface area contributed by atoms with Gasteiger partial charge in [0.1, 0.15) is 11.0 Å². The zero-order chi connectivity index (χ0) is 34.3. The summed E-state index contributed by atoms with van der Waals surface area (Å²) in [6.07, 6.45) is -4.71. The minimum absolute atomic E-state index is 0.0681. The average molecular weight is 718 g/mol. The number of para-hydroxylation sites is 1. The highest BCUT2D eigenvalue weighted by atomic mass is 35.5. The summed E-state index contributed by atoms with van der Waals surface area (Å²) in [5, 5.41) is 1.85. The predicted molar refractivity (Wildman–Crippen MR) is 172 cm³/mol. The van der Waals surface area contributed by atoms with Gasteiger partial charge in [-0.3, -0.25) is 19.2 Å². The summed E-state index contributed by atoms with van der Waals surface area (Å²) in [5.41, 5.74) is -0.735.